The Morgan fingerprint density at radius 2 is 1.86 bits per heavy atom. The third kappa shape index (κ3) is 6.21. The maximum atomic E-state index is 14.0. The normalized spacial score (nSPS) is 14.0. The molecule has 1 saturated heterocycles. The van der Waals surface area contributed by atoms with Crippen LogP contribution in [0.25, 0.3) is 11.3 Å². The monoisotopic (exact) mass is 503 g/mol. The average molecular weight is 504 g/mol. The van der Waals surface area contributed by atoms with E-state index < -0.39 is 11.6 Å². The second-order valence-electron chi connectivity index (χ2n) is 7.84. The third-order valence-electron chi connectivity index (χ3n) is 5.52. The highest BCUT2D eigenvalue weighted by atomic mass is 35.5. The second kappa shape index (κ2) is 11.4. The highest BCUT2D eigenvalue weighted by molar-refractivity contribution is 6.31. The van der Waals surface area contributed by atoms with E-state index >= 15 is 0 Å². The van der Waals surface area contributed by atoms with Crippen molar-refractivity contribution in [1.29, 1.82) is 0 Å². The smallest absolute Gasteiger partial charge is 0.258 e. The number of carbonyl (C=O) groups is 1. The zero-order valence-corrected chi connectivity index (χ0v) is 19.5. The number of benzene rings is 2. The fraction of sp³-hybridized carbons (Fsp3) is 0.292. The summed E-state index contributed by atoms with van der Waals surface area (Å²) in [5.74, 6) is -1.71. The molecule has 184 valence electrons. The quantitative estimate of drug-likeness (QED) is 0.455. The minimum atomic E-state index is -0.760. The van der Waals surface area contributed by atoms with Crippen molar-refractivity contribution in [3.63, 3.8) is 0 Å². The van der Waals surface area contributed by atoms with E-state index in [1.807, 2.05) is 0 Å². The molecule has 1 fully saturated rings. The number of ether oxygens (including phenoxy) is 2. The zero-order valence-electron chi connectivity index (χ0n) is 18.8. The van der Waals surface area contributed by atoms with E-state index in [0.717, 1.165) is 31.8 Å². The molecule has 1 amide bonds. The first kappa shape index (κ1) is 24.8. The number of rotatable bonds is 8. The van der Waals surface area contributed by atoms with Crippen LogP contribution >= 0.6 is 11.6 Å². The molecule has 35 heavy (non-hydrogen) atoms. The SMILES string of the molecule is Nc1ncc(-c2ccc(C(=O)NCCN3CCOCC3)cc2)nc1OCc1c(F)ccc(F)c1Cl. The van der Waals surface area contributed by atoms with Gasteiger partial charge in [0.15, 0.2) is 5.82 Å². The summed E-state index contributed by atoms with van der Waals surface area (Å²) in [6, 6.07) is 8.71. The lowest BCUT2D eigenvalue weighted by Gasteiger charge is -2.26. The summed E-state index contributed by atoms with van der Waals surface area (Å²) in [7, 11) is 0. The summed E-state index contributed by atoms with van der Waals surface area (Å²) in [4.78, 5) is 23.1. The number of hydrogen-bond donors (Lipinski definition) is 2. The van der Waals surface area contributed by atoms with Gasteiger partial charge in [-0.05, 0) is 24.3 Å². The van der Waals surface area contributed by atoms with E-state index in [1.54, 1.807) is 24.3 Å². The molecule has 0 radical (unpaired) electrons. The molecular formula is C24H24ClF2N5O3. The molecule has 2 heterocycles. The molecule has 0 saturated carbocycles. The van der Waals surface area contributed by atoms with Crippen molar-refractivity contribution >= 4 is 23.3 Å². The van der Waals surface area contributed by atoms with Gasteiger partial charge in [-0.2, -0.15) is 0 Å². The molecule has 4 rings (SSSR count). The summed E-state index contributed by atoms with van der Waals surface area (Å²) in [6.07, 6.45) is 1.45. The fourth-order valence-electron chi connectivity index (χ4n) is 3.52. The van der Waals surface area contributed by atoms with E-state index in [-0.39, 0.29) is 34.8 Å². The van der Waals surface area contributed by atoms with Gasteiger partial charge in [0.2, 0.25) is 0 Å². The van der Waals surface area contributed by atoms with Crippen LogP contribution in [0, 0.1) is 11.6 Å². The predicted molar refractivity (Wildman–Crippen MR) is 127 cm³/mol. The molecule has 1 aromatic heterocycles. The number of carbonyl (C=O) groups excluding carboxylic acids is 1. The number of anilines is 1. The van der Waals surface area contributed by atoms with E-state index in [0.29, 0.717) is 36.6 Å². The first-order chi connectivity index (χ1) is 16.9. The van der Waals surface area contributed by atoms with Gasteiger partial charge >= 0.3 is 0 Å². The highest BCUT2D eigenvalue weighted by Crippen LogP contribution is 2.27. The van der Waals surface area contributed by atoms with Gasteiger partial charge < -0.3 is 20.5 Å². The Morgan fingerprint density at radius 3 is 2.60 bits per heavy atom. The van der Waals surface area contributed by atoms with Crippen molar-refractivity contribution in [2.75, 3.05) is 45.1 Å². The average Bonchev–Trinajstić information content (AvgIpc) is 2.88. The number of nitrogens with zero attached hydrogens (tertiary/aromatic N) is 3. The Bertz CT molecular complexity index is 1190. The van der Waals surface area contributed by atoms with Crippen LogP contribution in [0.5, 0.6) is 5.88 Å². The Balaban J connectivity index is 1.39. The van der Waals surface area contributed by atoms with Crippen molar-refractivity contribution in [2.45, 2.75) is 6.61 Å². The molecular weight excluding hydrogens is 480 g/mol. The molecule has 0 unspecified atom stereocenters. The van der Waals surface area contributed by atoms with E-state index in [4.69, 9.17) is 26.8 Å². The number of hydrogen-bond acceptors (Lipinski definition) is 7. The molecule has 0 aliphatic carbocycles. The third-order valence-corrected chi connectivity index (χ3v) is 5.93. The molecule has 0 bridgehead atoms. The molecule has 11 heteroatoms. The van der Waals surface area contributed by atoms with Gasteiger partial charge in [-0.3, -0.25) is 9.69 Å². The van der Waals surface area contributed by atoms with Crippen LogP contribution in [-0.4, -0.2) is 60.2 Å². The summed E-state index contributed by atoms with van der Waals surface area (Å²) in [6.45, 7) is 4.08. The van der Waals surface area contributed by atoms with Crippen LogP contribution in [0.15, 0.2) is 42.6 Å². The second-order valence-corrected chi connectivity index (χ2v) is 8.22. The molecule has 8 nitrogen and oxygen atoms in total. The molecule has 3 N–H and O–H groups in total. The van der Waals surface area contributed by atoms with Crippen molar-refractivity contribution in [1.82, 2.24) is 20.2 Å². The van der Waals surface area contributed by atoms with Crippen LogP contribution in [0.1, 0.15) is 15.9 Å². The molecule has 1 aliphatic rings. The summed E-state index contributed by atoms with van der Waals surface area (Å²) in [5.41, 5.74) is 7.29. The lowest BCUT2D eigenvalue weighted by atomic mass is 10.1. The number of nitrogen functional groups attached to an aromatic ring is 1. The van der Waals surface area contributed by atoms with E-state index in [2.05, 4.69) is 20.2 Å². The van der Waals surface area contributed by atoms with Crippen molar-refractivity contribution in [3.05, 3.63) is 70.4 Å². The zero-order chi connectivity index (χ0) is 24.8. The van der Waals surface area contributed by atoms with Gasteiger partial charge in [-0.15, -0.1) is 0 Å². The topological polar surface area (TPSA) is 103 Å². The molecule has 0 spiro atoms. The maximum absolute atomic E-state index is 14.0. The van der Waals surface area contributed by atoms with Crippen LogP contribution in [0.2, 0.25) is 5.02 Å². The van der Waals surface area contributed by atoms with Crippen molar-refractivity contribution < 1.29 is 23.0 Å². The summed E-state index contributed by atoms with van der Waals surface area (Å²) in [5, 5.41) is 2.54. The van der Waals surface area contributed by atoms with Gasteiger partial charge in [0.05, 0.1) is 30.1 Å². The number of nitrogens with one attached hydrogen (secondary N) is 1. The van der Waals surface area contributed by atoms with Crippen molar-refractivity contribution in [2.24, 2.45) is 0 Å². The predicted octanol–water partition coefficient (Wildman–Crippen LogP) is 3.30. The largest absolute Gasteiger partial charge is 0.470 e. The van der Waals surface area contributed by atoms with E-state index in [1.165, 1.54) is 6.20 Å². The Hall–Kier alpha value is -3.34. The maximum Gasteiger partial charge on any atom is 0.258 e. The number of aromatic nitrogens is 2. The summed E-state index contributed by atoms with van der Waals surface area (Å²) >= 11 is 5.84. The molecule has 1 aliphatic heterocycles. The van der Waals surface area contributed by atoms with Gasteiger partial charge in [0.1, 0.15) is 18.2 Å². The number of amides is 1. The minimum Gasteiger partial charge on any atom is -0.470 e. The Kier molecular flexibility index (Phi) is 8.06. The number of morpholine rings is 1. The van der Waals surface area contributed by atoms with Crippen LogP contribution in [-0.2, 0) is 11.3 Å². The van der Waals surface area contributed by atoms with E-state index in [9.17, 15) is 13.6 Å². The first-order valence-corrected chi connectivity index (χ1v) is 11.4. The van der Waals surface area contributed by atoms with Gasteiger partial charge in [-0.1, -0.05) is 23.7 Å². The van der Waals surface area contributed by atoms with Crippen LogP contribution in [0.4, 0.5) is 14.6 Å². The highest BCUT2D eigenvalue weighted by Gasteiger charge is 2.16. The standard InChI is InChI=1S/C24H24ClF2N5O3/c25-21-17(18(26)5-6-19(21)27)14-35-24-22(28)30-13-20(31-24)15-1-3-16(4-2-15)23(33)29-7-8-32-9-11-34-12-10-32/h1-6,13H,7-12,14H2,(H2,28,30)(H,29,33). The molecule has 3 aromatic rings. The van der Waals surface area contributed by atoms with Crippen LogP contribution < -0.4 is 15.8 Å². The fourth-order valence-corrected chi connectivity index (χ4v) is 3.72. The minimum absolute atomic E-state index is 0.0158. The lowest BCUT2D eigenvalue weighted by Crippen LogP contribution is -2.41. The van der Waals surface area contributed by atoms with Gasteiger partial charge in [-0.25, -0.2) is 18.7 Å². The van der Waals surface area contributed by atoms with Gasteiger partial charge in [0, 0.05) is 42.9 Å². The molecule has 0 atom stereocenters. The number of halogens is 3. The first-order valence-electron chi connectivity index (χ1n) is 11.0. The Morgan fingerprint density at radius 1 is 1.14 bits per heavy atom. The van der Waals surface area contributed by atoms with Gasteiger partial charge in [0.25, 0.3) is 11.8 Å². The number of nitrogens with two attached hydrogens (primary N) is 1. The Labute approximate surface area is 206 Å². The lowest BCUT2D eigenvalue weighted by molar-refractivity contribution is 0.0383. The van der Waals surface area contributed by atoms with Crippen molar-refractivity contribution in [3.8, 4) is 17.1 Å². The van der Waals surface area contributed by atoms with Crippen LogP contribution in [0.3, 0.4) is 0 Å². The molecule has 2 aromatic carbocycles. The summed E-state index contributed by atoms with van der Waals surface area (Å²) < 4.78 is 38.5.